The third-order valence-corrected chi connectivity index (χ3v) is 3.77. The largest absolute Gasteiger partial charge is 2.00 e. The number of allylic oxidation sites excluding steroid dienone is 4. The predicted octanol–water partition coefficient (Wildman–Crippen LogP) is 6.01. The minimum Gasteiger partial charge on any atom is -0.273 e. The Morgan fingerprint density at radius 3 is 1.24 bits per heavy atom. The number of hydrogen-bond acceptors (Lipinski definition) is 0. The van der Waals surface area contributed by atoms with Crippen molar-refractivity contribution in [3.8, 4) is 0 Å². The molecular formula is C24H20Ni. The molecule has 4 rings (SSSR count). The minimum absolute atomic E-state index is 0. The second kappa shape index (κ2) is 10.4. The van der Waals surface area contributed by atoms with Crippen LogP contribution in [0, 0.1) is 12.0 Å². The van der Waals surface area contributed by atoms with Crippen molar-refractivity contribution in [3.63, 3.8) is 0 Å². The van der Waals surface area contributed by atoms with E-state index in [9.17, 15) is 0 Å². The average molecular weight is 367 g/mol. The summed E-state index contributed by atoms with van der Waals surface area (Å²) in [6.45, 7) is 0. The molecule has 0 atom stereocenters. The van der Waals surface area contributed by atoms with E-state index in [0.717, 1.165) is 6.42 Å². The van der Waals surface area contributed by atoms with E-state index in [-0.39, 0.29) is 16.5 Å². The molecule has 0 saturated carbocycles. The summed E-state index contributed by atoms with van der Waals surface area (Å²) >= 11 is 0. The van der Waals surface area contributed by atoms with Crippen LogP contribution in [-0.4, -0.2) is 0 Å². The van der Waals surface area contributed by atoms with Crippen LogP contribution >= 0.6 is 0 Å². The van der Waals surface area contributed by atoms with Crippen LogP contribution in [0.4, 0.5) is 0 Å². The summed E-state index contributed by atoms with van der Waals surface area (Å²) in [5, 5.41) is 0. The van der Waals surface area contributed by atoms with Crippen molar-refractivity contribution in [2.75, 3.05) is 0 Å². The van der Waals surface area contributed by atoms with E-state index in [2.05, 4.69) is 103 Å². The van der Waals surface area contributed by atoms with Crippen molar-refractivity contribution in [1.82, 2.24) is 0 Å². The van der Waals surface area contributed by atoms with Gasteiger partial charge >= 0.3 is 16.5 Å². The number of rotatable bonds is 3. The van der Waals surface area contributed by atoms with Crippen LogP contribution in [0.3, 0.4) is 0 Å². The van der Waals surface area contributed by atoms with Gasteiger partial charge in [-0.25, -0.2) is 12.2 Å². The van der Waals surface area contributed by atoms with Crippen molar-refractivity contribution < 1.29 is 16.5 Å². The van der Waals surface area contributed by atoms with Crippen molar-refractivity contribution in [2.24, 2.45) is 0 Å². The molecule has 3 aromatic carbocycles. The van der Waals surface area contributed by atoms with E-state index in [4.69, 9.17) is 0 Å². The van der Waals surface area contributed by atoms with Crippen molar-refractivity contribution >= 4 is 0 Å². The van der Waals surface area contributed by atoms with Gasteiger partial charge in [0.25, 0.3) is 0 Å². The molecule has 1 aliphatic rings. The Kier molecular flexibility index (Phi) is 7.82. The normalized spacial score (nSPS) is 11.2. The maximum atomic E-state index is 2.99. The maximum Gasteiger partial charge on any atom is 2.00 e. The van der Waals surface area contributed by atoms with Crippen LogP contribution in [-0.2, 0) is 16.5 Å². The first-order chi connectivity index (χ1) is 11.9. The average Bonchev–Trinajstić information content (AvgIpc) is 3.25. The molecule has 0 nitrogen and oxygen atoms in total. The smallest absolute Gasteiger partial charge is 0.273 e. The van der Waals surface area contributed by atoms with E-state index >= 15 is 0 Å². The molecule has 0 radical (unpaired) electrons. The summed E-state index contributed by atoms with van der Waals surface area (Å²) in [5.41, 5.74) is 3.75. The first-order valence-corrected chi connectivity index (χ1v) is 8.20. The zero-order valence-corrected chi connectivity index (χ0v) is 14.9. The second-order valence-corrected chi connectivity index (χ2v) is 5.48. The summed E-state index contributed by atoms with van der Waals surface area (Å²) in [5.74, 6) is 1.28. The fourth-order valence-corrected chi connectivity index (χ4v) is 2.65. The molecule has 0 bridgehead atoms. The fourth-order valence-electron chi connectivity index (χ4n) is 2.65. The van der Waals surface area contributed by atoms with Crippen LogP contribution in [0.1, 0.15) is 23.1 Å². The molecule has 126 valence electrons. The van der Waals surface area contributed by atoms with Gasteiger partial charge in [-0.05, 0) is 0 Å². The molecule has 1 aliphatic carbocycles. The van der Waals surface area contributed by atoms with Gasteiger partial charge in [-0.2, -0.15) is 6.08 Å². The first kappa shape index (κ1) is 18.8. The van der Waals surface area contributed by atoms with Gasteiger partial charge in [0.1, 0.15) is 0 Å². The van der Waals surface area contributed by atoms with Gasteiger partial charge in [-0.3, -0.25) is 6.08 Å². The van der Waals surface area contributed by atoms with Crippen LogP contribution in [0.15, 0.2) is 109 Å². The zero-order chi connectivity index (χ0) is 16.5. The summed E-state index contributed by atoms with van der Waals surface area (Å²) in [6, 6.07) is 31.6. The SMILES string of the molecule is [C-]1=CC=CC1.[Ni+2].c1ccc([C-](c2ccccc2)c2ccccc2)cc1. The summed E-state index contributed by atoms with van der Waals surface area (Å²) in [4.78, 5) is 0. The fraction of sp³-hybridized carbons (Fsp3) is 0.0417. The third-order valence-electron chi connectivity index (χ3n) is 3.77. The van der Waals surface area contributed by atoms with E-state index in [1.54, 1.807) is 0 Å². The summed E-state index contributed by atoms with van der Waals surface area (Å²) < 4.78 is 0. The minimum atomic E-state index is 0. The number of hydrogen-bond donors (Lipinski definition) is 0. The Bertz CT molecular complexity index is 670. The Balaban J connectivity index is 0.000000325. The van der Waals surface area contributed by atoms with Crippen molar-refractivity contribution in [1.29, 1.82) is 0 Å². The molecule has 0 N–H and O–H groups in total. The Labute approximate surface area is 160 Å². The van der Waals surface area contributed by atoms with Gasteiger partial charge in [-0.1, -0.05) is 114 Å². The van der Waals surface area contributed by atoms with Gasteiger partial charge in [0.15, 0.2) is 0 Å². The van der Waals surface area contributed by atoms with E-state index in [0.29, 0.717) is 0 Å². The monoisotopic (exact) mass is 366 g/mol. The number of benzene rings is 3. The molecule has 0 amide bonds. The zero-order valence-electron chi connectivity index (χ0n) is 13.9. The molecular weight excluding hydrogens is 347 g/mol. The summed E-state index contributed by atoms with van der Waals surface area (Å²) in [7, 11) is 0. The Morgan fingerprint density at radius 1 is 0.600 bits per heavy atom. The predicted molar refractivity (Wildman–Crippen MR) is 101 cm³/mol. The third kappa shape index (κ3) is 5.52. The van der Waals surface area contributed by atoms with Gasteiger partial charge in [0.2, 0.25) is 0 Å². The quantitative estimate of drug-likeness (QED) is 0.302. The van der Waals surface area contributed by atoms with Crippen LogP contribution in [0.25, 0.3) is 0 Å². The molecule has 0 spiro atoms. The molecule has 0 saturated heterocycles. The van der Waals surface area contributed by atoms with Crippen LogP contribution < -0.4 is 0 Å². The maximum absolute atomic E-state index is 2.99. The molecule has 25 heavy (non-hydrogen) atoms. The van der Waals surface area contributed by atoms with E-state index < -0.39 is 0 Å². The van der Waals surface area contributed by atoms with Gasteiger partial charge in [0.05, 0.1) is 0 Å². The molecule has 0 heterocycles. The molecule has 0 aliphatic heterocycles. The van der Waals surface area contributed by atoms with Gasteiger partial charge in [0, 0.05) is 0 Å². The van der Waals surface area contributed by atoms with Crippen LogP contribution in [0.2, 0.25) is 0 Å². The molecule has 3 aromatic rings. The van der Waals surface area contributed by atoms with Crippen LogP contribution in [0.5, 0.6) is 0 Å². The molecule has 0 fully saturated rings. The molecule has 0 unspecified atom stereocenters. The van der Waals surface area contributed by atoms with Crippen molar-refractivity contribution in [2.45, 2.75) is 6.42 Å². The van der Waals surface area contributed by atoms with E-state index in [1.165, 1.54) is 22.6 Å². The Hall–Kier alpha value is -2.50. The Morgan fingerprint density at radius 2 is 1.00 bits per heavy atom. The van der Waals surface area contributed by atoms with Gasteiger partial charge < -0.3 is 0 Å². The van der Waals surface area contributed by atoms with Crippen molar-refractivity contribution in [3.05, 3.63) is 138 Å². The molecule has 1 heteroatoms. The summed E-state index contributed by atoms with van der Waals surface area (Å²) in [6.07, 6.45) is 10.0. The van der Waals surface area contributed by atoms with Gasteiger partial charge in [-0.15, -0.1) is 6.42 Å². The topological polar surface area (TPSA) is 0 Å². The standard InChI is InChI=1S/C19H15.C5H5.Ni/c1-4-10-16(11-5-1)19(17-12-6-2-7-13-17)18-14-8-3-9-15-18;1-2-4-5-3-1;/h1-15H;1-3H,4H2;/q2*-1;+2. The second-order valence-electron chi connectivity index (χ2n) is 5.48. The molecule has 0 aromatic heterocycles. The first-order valence-electron chi connectivity index (χ1n) is 8.20. The van der Waals surface area contributed by atoms with E-state index in [1.807, 2.05) is 12.2 Å².